The lowest BCUT2D eigenvalue weighted by atomic mass is 10.0. The Bertz CT molecular complexity index is 1450. The Morgan fingerprint density at radius 2 is 0.949 bits per heavy atom. The van der Waals surface area contributed by atoms with Crippen LogP contribution in [0.15, 0.2) is 0 Å². The number of hydrogen-bond donors (Lipinski definition) is 13. The van der Waals surface area contributed by atoms with Gasteiger partial charge in [0, 0.05) is 19.3 Å². The first-order chi connectivity index (χ1) is 27.7. The Morgan fingerprint density at radius 3 is 1.32 bits per heavy atom. The lowest BCUT2D eigenvalue weighted by Crippen LogP contribution is -2.60. The summed E-state index contributed by atoms with van der Waals surface area (Å²) in [6.07, 6.45) is -0.398. The van der Waals surface area contributed by atoms with Crippen LogP contribution in [0.3, 0.4) is 0 Å². The summed E-state index contributed by atoms with van der Waals surface area (Å²) in [7, 11) is 0. The van der Waals surface area contributed by atoms with Gasteiger partial charge in [-0.2, -0.15) is 11.8 Å². The minimum Gasteiger partial charge on any atom is -0.481 e. The number of carboxylic acid groups (broad SMARTS) is 3. The molecule has 0 spiro atoms. The summed E-state index contributed by atoms with van der Waals surface area (Å²) in [5.74, 6) is -10.6. The van der Waals surface area contributed by atoms with Crippen LogP contribution >= 0.6 is 11.8 Å². The fourth-order valence-corrected chi connectivity index (χ4v) is 5.78. The van der Waals surface area contributed by atoms with E-state index in [0.29, 0.717) is 12.2 Å². The molecule has 0 saturated carbocycles. The minimum atomic E-state index is -1.81. The Hall–Kier alpha value is -5.07. The second-order valence-corrected chi connectivity index (χ2v) is 15.0. The first kappa shape index (κ1) is 53.9. The molecule has 0 heterocycles. The summed E-state index contributed by atoms with van der Waals surface area (Å²) in [6.45, 7) is 2.58. The highest BCUT2D eigenvalue weighted by molar-refractivity contribution is 7.98. The van der Waals surface area contributed by atoms with Crippen LogP contribution in [0.2, 0.25) is 0 Å². The molecule has 7 amide bonds. The summed E-state index contributed by atoms with van der Waals surface area (Å²) in [6, 6.07) is -10.4. The largest absolute Gasteiger partial charge is 0.481 e. The third-order valence-electron chi connectivity index (χ3n) is 8.56. The number of carbonyl (C=O) groups is 10. The number of nitrogens with one attached hydrogen (secondary N) is 6. The van der Waals surface area contributed by atoms with E-state index in [-0.39, 0.29) is 51.0 Å². The van der Waals surface area contributed by atoms with Crippen molar-refractivity contribution < 1.29 is 68.4 Å². The third kappa shape index (κ3) is 23.2. The van der Waals surface area contributed by atoms with Gasteiger partial charge < -0.3 is 69.5 Å². The number of nitrogens with two attached hydrogens (primary N) is 3. The molecule has 7 atom stereocenters. The summed E-state index contributed by atoms with van der Waals surface area (Å²) >= 11 is 1.41. The van der Waals surface area contributed by atoms with E-state index in [1.807, 2.05) is 0 Å². The fourth-order valence-electron chi connectivity index (χ4n) is 5.29. The predicted octanol–water partition coefficient (Wildman–Crippen LogP) is -3.78. The van der Waals surface area contributed by atoms with Crippen LogP contribution < -0.4 is 49.1 Å². The number of aliphatic carboxylic acids is 3. The normalized spacial score (nSPS) is 14.6. The van der Waals surface area contributed by atoms with Gasteiger partial charge in [-0.25, -0.2) is 4.79 Å². The molecule has 0 fully saturated rings. The van der Waals surface area contributed by atoms with Crippen LogP contribution in [0.1, 0.15) is 84.5 Å². The quantitative estimate of drug-likeness (QED) is 0.0289. The topological polar surface area (TPSA) is 402 Å². The monoisotopic (exact) mass is 863 g/mol. The number of carbonyl (C=O) groups excluding carboxylic acids is 7. The van der Waals surface area contributed by atoms with Gasteiger partial charge in [0.25, 0.3) is 0 Å². The SMILES string of the molecule is CSCC[C@H](N)C(=O)N[C@@H](CCC(=O)O)C(=O)N[C@@H](CCC(=O)O)C(=O)N[C@@H](CO)C(=O)N[C@@H](CCCCN)C(=O)N[C@@H](CCC(N)=O)C(=O)N[C@@H](CC(C)C)C(=O)O. The lowest BCUT2D eigenvalue weighted by Gasteiger charge is -2.27. The van der Waals surface area contributed by atoms with Crippen molar-refractivity contribution in [2.24, 2.45) is 23.1 Å². The molecule has 0 aromatic rings. The highest BCUT2D eigenvalue weighted by atomic mass is 32.2. The van der Waals surface area contributed by atoms with Crippen LogP contribution in [0.25, 0.3) is 0 Å². The van der Waals surface area contributed by atoms with Gasteiger partial charge in [-0.3, -0.25) is 43.2 Å². The number of rotatable bonds is 32. The molecule has 0 saturated heterocycles. The molecule has 16 N–H and O–H groups in total. The Balaban J connectivity index is 6.31. The molecule has 59 heavy (non-hydrogen) atoms. The smallest absolute Gasteiger partial charge is 0.326 e. The summed E-state index contributed by atoms with van der Waals surface area (Å²) in [5, 5.41) is 52.1. The number of aliphatic hydroxyl groups excluding tert-OH is 1. The van der Waals surface area contributed by atoms with Crippen molar-refractivity contribution in [1.82, 2.24) is 31.9 Å². The van der Waals surface area contributed by atoms with E-state index in [4.69, 9.17) is 17.2 Å². The number of aliphatic hydroxyl groups is 1. The predicted molar refractivity (Wildman–Crippen MR) is 212 cm³/mol. The average Bonchev–Trinajstić information content (AvgIpc) is 3.15. The average molecular weight is 864 g/mol. The van der Waals surface area contributed by atoms with Crippen molar-refractivity contribution in [1.29, 1.82) is 0 Å². The van der Waals surface area contributed by atoms with E-state index >= 15 is 0 Å². The van der Waals surface area contributed by atoms with Crippen LogP contribution in [-0.2, 0) is 47.9 Å². The second kappa shape index (κ2) is 29.2. The van der Waals surface area contributed by atoms with Gasteiger partial charge in [0.1, 0.15) is 36.3 Å². The molecule has 0 aliphatic heterocycles. The van der Waals surface area contributed by atoms with E-state index < -0.39 is 134 Å². The van der Waals surface area contributed by atoms with E-state index in [1.54, 1.807) is 20.1 Å². The zero-order valence-corrected chi connectivity index (χ0v) is 34.3. The summed E-state index contributed by atoms with van der Waals surface area (Å²) in [4.78, 5) is 126. The molecule has 336 valence electrons. The number of thioether (sulfide) groups is 1. The molecule has 24 heteroatoms. The van der Waals surface area contributed by atoms with Gasteiger partial charge in [0.15, 0.2) is 0 Å². The lowest BCUT2D eigenvalue weighted by molar-refractivity contribution is -0.143. The molecule has 23 nitrogen and oxygen atoms in total. The molecule has 0 aliphatic rings. The summed E-state index contributed by atoms with van der Waals surface area (Å²) in [5.41, 5.74) is 16.7. The molecule has 0 aromatic heterocycles. The van der Waals surface area contributed by atoms with Crippen LogP contribution in [-0.4, -0.2) is 147 Å². The maximum absolute atomic E-state index is 13.6. The number of carboxylic acids is 3. The van der Waals surface area contributed by atoms with Crippen molar-refractivity contribution >= 4 is 71.0 Å². The van der Waals surface area contributed by atoms with Crippen molar-refractivity contribution in [3.8, 4) is 0 Å². The van der Waals surface area contributed by atoms with Crippen LogP contribution in [0, 0.1) is 5.92 Å². The molecule has 0 bridgehead atoms. The van der Waals surface area contributed by atoms with Crippen molar-refractivity contribution in [3.05, 3.63) is 0 Å². The molecular formula is C35H61N9O14S. The van der Waals surface area contributed by atoms with Gasteiger partial charge in [-0.15, -0.1) is 0 Å². The molecule has 0 radical (unpaired) electrons. The van der Waals surface area contributed by atoms with E-state index in [1.165, 1.54) is 11.8 Å². The van der Waals surface area contributed by atoms with E-state index in [0.717, 1.165) is 0 Å². The molecule has 0 aromatic carbocycles. The molecule has 0 rings (SSSR count). The van der Waals surface area contributed by atoms with Crippen molar-refractivity contribution in [3.63, 3.8) is 0 Å². The second-order valence-electron chi connectivity index (χ2n) is 14.1. The maximum atomic E-state index is 13.6. The Labute approximate surface area is 345 Å². The number of amides is 7. The zero-order chi connectivity index (χ0) is 45.2. The molecule has 0 unspecified atom stereocenters. The van der Waals surface area contributed by atoms with Crippen LogP contribution in [0.4, 0.5) is 0 Å². The van der Waals surface area contributed by atoms with E-state index in [2.05, 4.69) is 31.9 Å². The number of unbranched alkanes of at least 4 members (excludes halogenated alkanes) is 1. The van der Waals surface area contributed by atoms with Crippen molar-refractivity contribution in [2.75, 3.05) is 25.2 Å². The van der Waals surface area contributed by atoms with Gasteiger partial charge in [0.2, 0.25) is 41.4 Å². The minimum absolute atomic E-state index is 0.0412. The highest BCUT2D eigenvalue weighted by Gasteiger charge is 2.34. The van der Waals surface area contributed by atoms with Gasteiger partial charge in [0.05, 0.1) is 12.6 Å². The van der Waals surface area contributed by atoms with Gasteiger partial charge >= 0.3 is 17.9 Å². The zero-order valence-electron chi connectivity index (χ0n) is 33.5. The number of hydrogen-bond acceptors (Lipinski definition) is 14. The Kier molecular flexibility index (Phi) is 26.7. The fraction of sp³-hybridized carbons (Fsp3) is 0.714. The van der Waals surface area contributed by atoms with E-state index in [9.17, 15) is 68.4 Å². The molecular weight excluding hydrogens is 803 g/mol. The number of primary amides is 1. The highest BCUT2D eigenvalue weighted by Crippen LogP contribution is 2.10. The maximum Gasteiger partial charge on any atom is 0.326 e. The molecule has 0 aliphatic carbocycles. The standard InChI is InChI=1S/C35H61N9O14S/c1-18(2)16-24(35(57)58)43-32(54)21(7-10-26(38)46)41-30(52)20(6-4-5-14-36)40-34(56)25(17-45)44-33(55)23(9-12-28(49)50)42-31(53)22(8-11-27(47)48)39-29(51)19(37)13-15-59-3/h18-25,45H,4-17,36-37H2,1-3H3,(H2,38,46)(H,39,51)(H,40,56)(H,41,52)(H,42,53)(H,43,54)(H,44,55)(H,47,48)(H,49,50)(H,57,58)/t19-,20-,21-,22-,23-,24-,25-/m0/s1. The van der Waals surface area contributed by atoms with Crippen LogP contribution in [0.5, 0.6) is 0 Å². The summed E-state index contributed by atoms with van der Waals surface area (Å²) < 4.78 is 0. The Morgan fingerprint density at radius 1 is 0.559 bits per heavy atom. The van der Waals surface area contributed by atoms with Gasteiger partial charge in [-0.05, 0) is 75.8 Å². The first-order valence-corrected chi connectivity index (χ1v) is 20.4. The van der Waals surface area contributed by atoms with Gasteiger partial charge in [-0.1, -0.05) is 13.8 Å². The first-order valence-electron chi connectivity index (χ1n) is 19.0. The van der Waals surface area contributed by atoms with Crippen molar-refractivity contribution in [2.45, 2.75) is 127 Å². The third-order valence-corrected chi connectivity index (χ3v) is 9.20.